The maximum Gasteiger partial charge on any atom is 0.453 e. The summed E-state index contributed by atoms with van der Waals surface area (Å²) in [5.74, 6) is -1.34. The Balaban J connectivity index is 1.69. The van der Waals surface area contributed by atoms with Crippen LogP contribution >= 0.6 is 0 Å². The van der Waals surface area contributed by atoms with Crippen molar-refractivity contribution < 1.29 is 22.3 Å². The van der Waals surface area contributed by atoms with E-state index >= 15 is 0 Å². The molecule has 1 aliphatic rings. The van der Waals surface area contributed by atoms with Gasteiger partial charge in [0, 0.05) is 12.0 Å². The zero-order chi connectivity index (χ0) is 17.6. The van der Waals surface area contributed by atoms with E-state index in [-0.39, 0.29) is 29.9 Å². The monoisotopic (exact) mass is 353 g/mol. The van der Waals surface area contributed by atoms with E-state index in [1.165, 1.54) is 18.2 Å². The molecule has 2 aromatic heterocycles. The van der Waals surface area contributed by atoms with Crippen molar-refractivity contribution in [3.8, 4) is 5.75 Å². The van der Waals surface area contributed by atoms with Gasteiger partial charge in [-0.3, -0.25) is 0 Å². The molecule has 25 heavy (non-hydrogen) atoms. The highest BCUT2D eigenvalue weighted by Crippen LogP contribution is 2.36. The lowest BCUT2D eigenvalue weighted by molar-refractivity contribution is -0.146. The maximum atomic E-state index is 13.8. The van der Waals surface area contributed by atoms with E-state index in [9.17, 15) is 17.6 Å². The lowest BCUT2D eigenvalue weighted by Crippen LogP contribution is -2.22. The number of ether oxygens (including phenoxy) is 1. The standard InChI is InChI=1S/C15H11F4N5O/c16-9-3-1-2-8-10(6-7-25-13(8)9)20-11-4-5-12-21-22-14(15(17,18)19)24(12)23-11/h1-5,10H,6-7H2,(H,20,23)/t10-/m0/s1. The Morgan fingerprint density at radius 3 is 2.80 bits per heavy atom. The number of aromatic nitrogens is 4. The fourth-order valence-electron chi connectivity index (χ4n) is 2.76. The average molecular weight is 353 g/mol. The molecule has 0 fully saturated rings. The minimum Gasteiger partial charge on any atom is -0.490 e. The van der Waals surface area contributed by atoms with Crippen LogP contribution in [0.2, 0.25) is 0 Å². The van der Waals surface area contributed by atoms with E-state index in [2.05, 4.69) is 20.6 Å². The van der Waals surface area contributed by atoms with Gasteiger partial charge in [0.2, 0.25) is 0 Å². The molecule has 0 saturated carbocycles. The fraction of sp³-hybridized carbons (Fsp3) is 0.267. The highest BCUT2D eigenvalue weighted by atomic mass is 19.4. The van der Waals surface area contributed by atoms with Gasteiger partial charge in [0.25, 0.3) is 5.82 Å². The number of halogens is 4. The number of para-hydroxylation sites is 1. The van der Waals surface area contributed by atoms with E-state index in [0.29, 0.717) is 16.5 Å². The number of benzene rings is 1. The summed E-state index contributed by atoms with van der Waals surface area (Å²) in [7, 11) is 0. The van der Waals surface area contributed by atoms with Gasteiger partial charge >= 0.3 is 6.18 Å². The molecule has 0 aliphatic carbocycles. The van der Waals surface area contributed by atoms with Gasteiger partial charge in [0.1, 0.15) is 5.82 Å². The van der Waals surface area contributed by atoms with E-state index in [1.807, 2.05) is 0 Å². The molecule has 0 amide bonds. The molecule has 3 aromatic rings. The van der Waals surface area contributed by atoms with Crippen molar-refractivity contribution in [1.29, 1.82) is 0 Å². The number of nitrogens with zero attached hydrogens (tertiary/aromatic N) is 4. The third-order valence-corrected chi connectivity index (χ3v) is 3.86. The number of fused-ring (bicyclic) bond motifs is 2. The second kappa shape index (κ2) is 5.57. The molecule has 130 valence electrons. The summed E-state index contributed by atoms with van der Waals surface area (Å²) in [5.41, 5.74) is 0.573. The largest absolute Gasteiger partial charge is 0.490 e. The van der Waals surface area contributed by atoms with Crippen molar-refractivity contribution in [2.45, 2.75) is 18.6 Å². The third kappa shape index (κ3) is 2.73. The van der Waals surface area contributed by atoms with Crippen LogP contribution in [0.1, 0.15) is 23.9 Å². The zero-order valence-corrected chi connectivity index (χ0v) is 12.6. The molecule has 1 atom stereocenters. The molecule has 6 nitrogen and oxygen atoms in total. The number of rotatable bonds is 2. The summed E-state index contributed by atoms with van der Waals surface area (Å²) >= 11 is 0. The minimum absolute atomic E-state index is 0.0173. The molecule has 0 bridgehead atoms. The Morgan fingerprint density at radius 1 is 1.16 bits per heavy atom. The highest BCUT2D eigenvalue weighted by molar-refractivity contribution is 5.48. The predicted molar refractivity (Wildman–Crippen MR) is 78.7 cm³/mol. The van der Waals surface area contributed by atoms with Crippen LogP contribution < -0.4 is 10.1 Å². The quantitative estimate of drug-likeness (QED) is 0.717. The Labute approximate surface area is 138 Å². The molecular weight excluding hydrogens is 342 g/mol. The van der Waals surface area contributed by atoms with Crippen LogP contribution in [0.4, 0.5) is 23.4 Å². The molecule has 3 heterocycles. The van der Waals surface area contributed by atoms with Crippen molar-refractivity contribution in [1.82, 2.24) is 19.8 Å². The number of hydrogen-bond donors (Lipinski definition) is 1. The highest BCUT2D eigenvalue weighted by Gasteiger charge is 2.37. The van der Waals surface area contributed by atoms with E-state index < -0.39 is 17.8 Å². The van der Waals surface area contributed by atoms with Crippen LogP contribution in [-0.2, 0) is 6.18 Å². The molecule has 0 unspecified atom stereocenters. The van der Waals surface area contributed by atoms with Crippen LogP contribution in [0.15, 0.2) is 30.3 Å². The Morgan fingerprint density at radius 2 is 2.00 bits per heavy atom. The van der Waals surface area contributed by atoms with Crippen LogP contribution in [0.3, 0.4) is 0 Å². The predicted octanol–water partition coefficient (Wildman–Crippen LogP) is 3.22. The van der Waals surface area contributed by atoms with E-state index in [1.54, 1.807) is 12.1 Å². The number of alkyl halides is 3. The van der Waals surface area contributed by atoms with Crippen molar-refractivity contribution >= 4 is 11.5 Å². The Hall–Kier alpha value is -2.91. The van der Waals surface area contributed by atoms with Crippen LogP contribution in [0.25, 0.3) is 5.65 Å². The molecular formula is C15H11F4N5O. The van der Waals surface area contributed by atoms with Gasteiger partial charge in [-0.05, 0) is 18.2 Å². The third-order valence-electron chi connectivity index (χ3n) is 3.86. The van der Waals surface area contributed by atoms with Gasteiger partial charge < -0.3 is 10.1 Å². The van der Waals surface area contributed by atoms with E-state index in [4.69, 9.17) is 4.74 Å². The molecule has 0 radical (unpaired) electrons. The second-order valence-electron chi connectivity index (χ2n) is 5.50. The van der Waals surface area contributed by atoms with Crippen molar-refractivity contribution in [2.24, 2.45) is 0 Å². The van der Waals surface area contributed by atoms with Gasteiger partial charge in [0.15, 0.2) is 17.2 Å². The first kappa shape index (κ1) is 15.6. The summed E-state index contributed by atoms with van der Waals surface area (Å²) in [6.45, 7) is 0.286. The van der Waals surface area contributed by atoms with Crippen molar-refractivity contribution in [3.63, 3.8) is 0 Å². The minimum atomic E-state index is -4.67. The van der Waals surface area contributed by atoms with Crippen molar-refractivity contribution in [2.75, 3.05) is 11.9 Å². The van der Waals surface area contributed by atoms with Gasteiger partial charge in [-0.15, -0.1) is 15.3 Å². The molecule has 1 aliphatic heterocycles. The molecule has 10 heteroatoms. The number of hydrogen-bond acceptors (Lipinski definition) is 5. The first-order valence-electron chi connectivity index (χ1n) is 7.41. The Kier molecular flexibility index (Phi) is 3.48. The Bertz CT molecular complexity index is 939. The zero-order valence-electron chi connectivity index (χ0n) is 12.6. The summed E-state index contributed by atoms with van der Waals surface area (Å²) in [6.07, 6.45) is -4.15. The number of anilines is 1. The normalized spacial score (nSPS) is 17.2. The molecule has 1 aromatic carbocycles. The van der Waals surface area contributed by atoms with Crippen LogP contribution in [-0.4, -0.2) is 26.4 Å². The second-order valence-corrected chi connectivity index (χ2v) is 5.50. The van der Waals surface area contributed by atoms with Gasteiger partial charge in [0.05, 0.1) is 12.6 Å². The maximum absolute atomic E-state index is 13.8. The van der Waals surface area contributed by atoms with Crippen molar-refractivity contribution in [3.05, 3.63) is 47.5 Å². The summed E-state index contributed by atoms with van der Waals surface area (Å²) in [4.78, 5) is 0. The lowest BCUT2D eigenvalue weighted by Gasteiger charge is -2.27. The molecule has 0 saturated heterocycles. The van der Waals surface area contributed by atoms with Gasteiger partial charge in [-0.2, -0.15) is 17.7 Å². The first-order valence-corrected chi connectivity index (χ1v) is 7.41. The fourth-order valence-corrected chi connectivity index (χ4v) is 2.76. The van der Waals surface area contributed by atoms with Crippen LogP contribution in [0, 0.1) is 5.82 Å². The van der Waals surface area contributed by atoms with E-state index in [0.717, 1.165) is 0 Å². The molecule has 0 spiro atoms. The SMILES string of the molecule is Fc1cccc2c1OCC[C@@H]2Nc1ccc2nnc(C(F)(F)F)n2n1. The van der Waals surface area contributed by atoms with Gasteiger partial charge in [-0.25, -0.2) is 4.39 Å². The topological polar surface area (TPSA) is 64.3 Å². The summed E-state index contributed by atoms with van der Waals surface area (Å²) < 4.78 is 58.6. The first-order chi connectivity index (χ1) is 11.9. The smallest absolute Gasteiger partial charge is 0.453 e. The van der Waals surface area contributed by atoms with Crippen LogP contribution in [0.5, 0.6) is 5.75 Å². The number of nitrogens with one attached hydrogen (secondary N) is 1. The molecule has 1 N–H and O–H groups in total. The lowest BCUT2D eigenvalue weighted by atomic mass is 10.0. The van der Waals surface area contributed by atoms with Gasteiger partial charge in [-0.1, -0.05) is 12.1 Å². The summed E-state index contributed by atoms with van der Waals surface area (Å²) in [5, 5.41) is 13.5. The molecule has 4 rings (SSSR count). The summed E-state index contributed by atoms with van der Waals surface area (Å²) in [6, 6.07) is 7.08. The average Bonchev–Trinajstić information content (AvgIpc) is 2.99.